The Bertz CT molecular complexity index is 229. The number of methoxy groups -OCH3 is 1. The molecule has 16 heavy (non-hydrogen) atoms. The van der Waals surface area contributed by atoms with E-state index in [0.29, 0.717) is 13.0 Å². The highest BCUT2D eigenvalue weighted by Gasteiger charge is 2.11. The van der Waals surface area contributed by atoms with Gasteiger partial charge in [-0.3, -0.25) is 14.5 Å². The molecule has 0 atom stereocenters. The normalized spacial score (nSPS) is 10.6. The van der Waals surface area contributed by atoms with E-state index in [1.807, 2.05) is 25.7 Å². The second-order valence-electron chi connectivity index (χ2n) is 3.92. The molecule has 0 aromatic rings. The molecular formula is C11H22N2O3. The van der Waals surface area contributed by atoms with Gasteiger partial charge in [-0.2, -0.15) is 0 Å². The van der Waals surface area contributed by atoms with Crippen molar-refractivity contribution in [2.45, 2.75) is 33.2 Å². The zero-order valence-corrected chi connectivity index (χ0v) is 10.6. The van der Waals surface area contributed by atoms with E-state index in [9.17, 15) is 9.59 Å². The zero-order chi connectivity index (χ0) is 12.6. The van der Waals surface area contributed by atoms with Crippen LogP contribution in [0.1, 0.15) is 27.2 Å². The second-order valence-corrected chi connectivity index (χ2v) is 3.92. The minimum Gasteiger partial charge on any atom is -0.468 e. The summed E-state index contributed by atoms with van der Waals surface area (Å²) in [4.78, 5) is 24.3. The van der Waals surface area contributed by atoms with Crippen molar-refractivity contribution in [1.82, 2.24) is 10.2 Å². The Morgan fingerprint density at radius 1 is 1.38 bits per heavy atom. The van der Waals surface area contributed by atoms with Crippen LogP contribution in [0, 0.1) is 0 Å². The summed E-state index contributed by atoms with van der Waals surface area (Å²) in [6.45, 7) is 7.33. The fourth-order valence-corrected chi connectivity index (χ4v) is 1.25. The molecule has 0 unspecified atom stereocenters. The van der Waals surface area contributed by atoms with E-state index in [1.165, 1.54) is 7.11 Å². The van der Waals surface area contributed by atoms with Gasteiger partial charge in [0.05, 0.1) is 13.7 Å². The fourth-order valence-electron chi connectivity index (χ4n) is 1.25. The number of esters is 1. The van der Waals surface area contributed by atoms with Crippen molar-refractivity contribution >= 4 is 11.9 Å². The van der Waals surface area contributed by atoms with Crippen molar-refractivity contribution in [2.24, 2.45) is 0 Å². The predicted octanol–water partition coefficient (Wildman–Crippen LogP) is 0.396. The average molecular weight is 230 g/mol. The Hall–Kier alpha value is -1.10. The maximum atomic E-state index is 11.4. The summed E-state index contributed by atoms with van der Waals surface area (Å²) in [6, 6.07) is 0.156. The molecule has 0 rings (SSSR count). The number of likely N-dealkylation sites (N-methyl/N-ethyl adjacent to an activating group) is 1. The van der Waals surface area contributed by atoms with Gasteiger partial charge in [0.1, 0.15) is 0 Å². The van der Waals surface area contributed by atoms with E-state index < -0.39 is 0 Å². The van der Waals surface area contributed by atoms with E-state index in [4.69, 9.17) is 0 Å². The van der Waals surface area contributed by atoms with Crippen LogP contribution >= 0.6 is 0 Å². The number of rotatable bonds is 7. The van der Waals surface area contributed by atoms with Gasteiger partial charge in [0.25, 0.3) is 0 Å². The molecule has 0 saturated carbocycles. The minimum absolute atomic E-state index is 0.0123. The largest absolute Gasteiger partial charge is 0.468 e. The molecule has 0 aliphatic rings. The number of hydrogen-bond donors (Lipinski definition) is 1. The summed E-state index contributed by atoms with van der Waals surface area (Å²) in [5.41, 5.74) is 0. The molecule has 5 heteroatoms. The summed E-state index contributed by atoms with van der Waals surface area (Å²) in [5.74, 6) is -0.260. The molecule has 0 radical (unpaired) electrons. The lowest BCUT2D eigenvalue weighted by atomic mass is 10.3. The molecule has 94 valence electrons. The van der Waals surface area contributed by atoms with Crippen molar-refractivity contribution in [3.8, 4) is 0 Å². The number of nitrogens with zero attached hydrogens (tertiary/aromatic N) is 1. The highest BCUT2D eigenvalue weighted by atomic mass is 16.5. The highest BCUT2D eigenvalue weighted by molar-refractivity contribution is 5.76. The quantitative estimate of drug-likeness (QED) is 0.643. The smallest absolute Gasteiger partial charge is 0.319 e. The topological polar surface area (TPSA) is 58.6 Å². The highest BCUT2D eigenvalue weighted by Crippen LogP contribution is 1.93. The van der Waals surface area contributed by atoms with Crippen molar-refractivity contribution in [1.29, 1.82) is 0 Å². The Morgan fingerprint density at radius 2 is 2.00 bits per heavy atom. The Labute approximate surface area is 97.1 Å². The second kappa shape index (κ2) is 8.10. The molecular weight excluding hydrogens is 208 g/mol. The first-order valence-electron chi connectivity index (χ1n) is 5.58. The van der Waals surface area contributed by atoms with Gasteiger partial charge in [0.15, 0.2) is 0 Å². The molecule has 1 amide bonds. The van der Waals surface area contributed by atoms with Crippen LogP contribution in [0.5, 0.6) is 0 Å². The molecule has 0 heterocycles. The average Bonchev–Trinajstić information content (AvgIpc) is 2.22. The van der Waals surface area contributed by atoms with E-state index in [1.54, 1.807) is 0 Å². The first kappa shape index (κ1) is 14.9. The van der Waals surface area contributed by atoms with Crippen LogP contribution in [-0.2, 0) is 14.3 Å². The SMILES string of the molecule is CCN(CCC(=O)NC(C)C)CC(=O)OC. The lowest BCUT2D eigenvalue weighted by Gasteiger charge is -2.18. The summed E-state index contributed by atoms with van der Waals surface area (Å²) in [7, 11) is 1.36. The Kier molecular flexibility index (Phi) is 7.54. The third-order valence-corrected chi connectivity index (χ3v) is 2.13. The number of amides is 1. The standard InChI is InChI=1S/C11H22N2O3/c1-5-13(8-11(15)16-4)7-6-10(14)12-9(2)3/h9H,5-8H2,1-4H3,(H,12,14). The van der Waals surface area contributed by atoms with Crippen LogP contribution in [0.4, 0.5) is 0 Å². The number of hydrogen-bond acceptors (Lipinski definition) is 4. The summed E-state index contributed by atoms with van der Waals surface area (Å²) >= 11 is 0. The monoisotopic (exact) mass is 230 g/mol. The molecule has 0 spiro atoms. The van der Waals surface area contributed by atoms with Crippen molar-refractivity contribution in [2.75, 3.05) is 26.7 Å². The first-order valence-corrected chi connectivity index (χ1v) is 5.58. The van der Waals surface area contributed by atoms with E-state index in [0.717, 1.165) is 6.54 Å². The maximum absolute atomic E-state index is 11.4. The van der Waals surface area contributed by atoms with Gasteiger partial charge < -0.3 is 10.1 Å². The number of nitrogens with one attached hydrogen (secondary N) is 1. The van der Waals surface area contributed by atoms with E-state index in [2.05, 4.69) is 10.1 Å². The summed E-state index contributed by atoms with van der Waals surface area (Å²) < 4.78 is 4.57. The predicted molar refractivity (Wildman–Crippen MR) is 62.0 cm³/mol. The molecule has 0 aromatic heterocycles. The molecule has 0 aliphatic heterocycles. The van der Waals surface area contributed by atoms with Gasteiger partial charge in [-0.1, -0.05) is 6.92 Å². The van der Waals surface area contributed by atoms with Gasteiger partial charge in [-0.05, 0) is 20.4 Å². The lowest BCUT2D eigenvalue weighted by Crippen LogP contribution is -2.36. The van der Waals surface area contributed by atoms with Gasteiger partial charge in [0.2, 0.25) is 5.91 Å². The van der Waals surface area contributed by atoms with Gasteiger partial charge in [-0.25, -0.2) is 0 Å². The van der Waals surface area contributed by atoms with Crippen molar-refractivity contribution in [3.63, 3.8) is 0 Å². The number of ether oxygens (including phenoxy) is 1. The van der Waals surface area contributed by atoms with E-state index >= 15 is 0 Å². The summed E-state index contributed by atoms with van der Waals surface area (Å²) in [5, 5.41) is 2.81. The van der Waals surface area contributed by atoms with Crippen molar-refractivity contribution < 1.29 is 14.3 Å². The molecule has 0 aromatic carbocycles. The minimum atomic E-state index is -0.272. The zero-order valence-electron chi connectivity index (χ0n) is 10.6. The number of carbonyl (C=O) groups excluding carboxylic acids is 2. The van der Waals surface area contributed by atoms with Gasteiger partial charge in [-0.15, -0.1) is 0 Å². The van der Waals surface area contributed by atoms with Gasteiger partial charge >= 0.3 is 5.97 Å². The number of carbonyl (C=O) groups is 2. The van der Waals surface area contributed by atoms with Crippen LogP contribution in [0.2, 0.25) is 0 Å². The Balaban J connectivity index is 3.86. The fraction of sp³-hybridized carbons (Fsp3) is 0.818. The molecule has 1 N–H and O–H groups in total. The lowest BCUT2D eigenvalue weighted by molar-refractivity contribution is -0.142. The van der Waals surface area contributed by atoms with Crippen LogP contribution < -0.4 is 5.32 Å². The molecule has 5 nitrogen and oxygen atoms in total. The van der Waals surface area contributed by atoms with Gasteiger partial charge in [0, 0.05) is 19.0 Å². The molecule has 0 bridgehead atoms. The van der Waals surface area contributed by atoms with Crippen molar-refractivity contribution in [3.05, 3.63) is 0 Å². The van der Waals surface area contributed by atoms with Crippen LogP contribution in [0.3, 0.4) is 0 Å². The summed E-state index contributed by atoms with van der Waals surface area (Å²) in [6.07, 6.45) is 0.406. The first-order chi connectivity index (χ1) is 7.49. The van der Waals surface area contributed by atoms with E-state index in [-0.39, 0.29) is 24.5 Å². The molecule has 0 saturated heterocycles. The Morgan fingerprint density at radius 3 is 2.44 bits per heavy atom. The molecule has 0 fully saturated rings. The molecule has 0 aliphatic carbocycles. The third-order valence-electron chi connectivity index (χ3n) is 2.13. The van der Waals surface area contributed by atoms with Crippen LogP contribution in [-0.4, -0.2) is 49.6 Å². The van der Waals surface area contributed by atoms with Crippen LogP contribution in [0.15, 0.2) is 0 Å². The third kappa shape index (κ3) is 7.23. The maximum Gasteiger partial charge on any atom is 0.319 e. The van der Waals surface area contributed by atoms with Crippen LogP contribution in [0.25, 0.3) is 0 Å².